The molecular formula is C20H23N3O3. The Kier molecular flexibility index (Phi) is 4.68. The maximum Gasteiger partial charge on any atom is 0.308 e. The van der Waals surface area contributed by atoms with Crippen molar-refractivity contribution in [1.82, 2.24) is 15.0 Å². The zero-order chi connectivity index (χ0) is 18.9. The fourth-order valence-electron chi connectivity index (χ4n) is 2.95. The number of nitrogens with zero attached hydrogens (tertiary/aromatic N) is 3. The maximum absolute atomic E-state index is 12.0. The number of ether oxygens (including phenoxy) is 1. The molecule has 0 spiro atoms. The molecule has 0 radical (unpaired) electrons. The van der Waals surface area contributed by atoms with Crippen molar-refractivity contribution in [2.75, 3.05) is 7.11 Å². The van der Waals surface area contributed by atoms with Crippen LogP contribution in [0.4, 0.5) is 0 Å². The monoisotopic (exact) mass is 353 g/mol. The highest BCUT2D eigenvalue weighted by Crippen LogP contribution is 2.34. The van der Waals surface area contributed by atoms with Gasteiger partial charge in [-0.2, -0.15) is 15.0 Å². The van der Waals surface area contributed by atoms with Crippen LogP contribution in [-0.2, 0) is 14.9 Å². The van der Waals surface area contributed by atoms with Gasteiger partial charge in [0.25, 0.3) is 0 Å². The number of aromatic nitrogens is 3. The highest BCUT2D eigenvalue weighted by Gasteiger charge is 2.25. The number of aromatic hydroxyl groups is 1. The first kappa shape index (κ1) is 17.9. The lowest BCUT2D eigenvalue weighted by Crippen LogP contribution is -2.20. The van der Waals surface area contributed by atoms with Crippen molar-refractivity contribution in [3.8, 4) is 5.75 Å². The van der Waals surface area contributed by atoms with E-state index in [4.69, 9.17) is 4.74 Å². The van der Waals surface area contributed by atoms with Crippen molar-refractivity contribution in [3.05, 3.63) is 53.6 Å². The Morgan fingerprint density at radius 3 is 2.31 bits per heavy atom. The van der Waals surface area contributed by atoms with Crippen LogP contribution in [0.15, 0.2) is 42.5 Å². The number of phenolic OH excluding ortho intramolecular Hbond substituents is 1. The van der Waals surface area contributed by atoms with Gasteiger partial charge >= 0.3 is 5.97 Å². The second kappa shape index (κ2) is 6.78. The third-order valence-electron chi connectivity index (χ3n) is 4.38. The minimum atomic E-state index is -0.420. The molecule has 2 aromatic carbocycles. The second-order valence-electron chi connectivity index (χ2n) is 7.33. The topological polar surface area (TPSA) is 77.2 Å². The summed E-state index contributed by atoms with van der Waals surface area (Å²) < 4.78 is 4.86. The summed E-state index contributed by atoms with van der Waals surface area (Å²) in [5.74, 6) is -0.113. The molecule has 6 heteroatoms. The third-order valence-corrected chi connectivity index (χ3v) is 4.38. The molecule has 1 N–H and O–H groups in total. The number of methoxy groups -OCH3 is 1. The van der Waals surface area contributed by atoms with Crippen molar-refractivity contribution in [2.45, 2.75) is 38.6 Å². The molecule has 1 aromatic heterocycles. The van der Waals surface area contributed by atoms with Crippen LogP contribution in [0.5, 0.6) is 5.75 Å². The van der Waals surface area contributed by atoms with E-state index in [1.54, 1.807) is 16.9 Å². The van der Waals surface area contributed by atoms with Crippen molar-refractivity contribution < 1.29 is 14.6 Å². The van der Waals surface area contributed by atoms with E-state index in [9.17, 15) is 9.90 Å². The molecule has 26 heavy (non-hydrogen) atoms. The summed E-state index contributed by atoms with van der Waals surface area (Å²) in [5, 5.41) is 19.3. The Labute approximate surface area is 152 Å². The van der Waals surface area contributed by atoms with Crippen LogP contribution >= 0.6 is 0 Å². The number of esters is 1. The molecule has 0 saturated carbocycles. The molecule has 3 aromatic rings. The Morgan fingerprint density at radius 2 is 1.77 bits per heavy atom. The quantitative estimate of drug-likeness (QED) is 0.725. The van der Waals surface area contributed by atoms with Gasteiger partial charge in [0.2, 0.25) is 0 Å². The van der Waals surface area contributed by atoms with E-state index < -0.39 is 6.04 Å². The summed E-state index contributed by atoms with van der Waals surface area (Å²) >= 11 is 0. The van der Waals surface area contributed by atoms with E-state index in [0.717, 1.165) is 22.2 Å². The molecule has 1 atom stereocenters. The lowest BCUT2D eigenvalue weighted by molar-refractivity contribution is -0.141. The number of hydrogen-bond acceptors (Lipinski definition) is 5. The Balaban J connectivity index is 2.11. The fraction of sp³-hybridized carbons (Fsp3) is 0.350. The number of benzene rings is 2. The molecule has 3 rings (SSSR count). The summed E-state index contributed by atoms with van der Waals surface area (Å²) in [7, 11) is 1.36. The average molecular weight is 353 g/mol. The number of hydrogen-bond donors (Lipinski definition) is 1. The van der Waals surface area contributed by atoms with E-state index in [1.165, 1.54) is 7.11 Å². The fourth-order valence-corrected chi connectivity index (χ4v) is 2.95. The predicted octanol–water partition coefficient (Wildman–Crippen LogP) is 3.59. The number of carbonyl (C=O) groups is 1. The minimum absolute atomic E-state index is 0.103. The van der Waals surface area contributed by atoms with Gasteiger partial charge in [-0.3, -0.25) is 4.79 Å². The van der Waals surface area contributed by atoms with Gasteiger partial charge in [-0.05, 0) is 40.8 Å². The van der Waals surface area contributed by atoms with E-state index in [-0.39, 0.29) is 23.6 Å². The van der Waals surface area contributed by atoms with E-state index >= 15 is 0 Å². The first-order valence-electron chi connectivity index (χ1n) is 8.51. The maximum atomic E-state index is 12.0. The minimum Gasteiger partial charge on any atom is -0.508 e. The molecule has 0 fully saturated rings. The van der Waals surface area contributed by atoms with Crippen LogP contribution in [0.3, 0.4) is 0 Å². The molecular weight excluding hydrogens is 330 g/mol. The van der Waals surface area contributed by atoms with Gasteiger partial charge in [-0.1, -0.05) is 39.0 Å². The largest absolute Gasteiger partial charge is 0.508 e. The van der Waals surface area contributed by atoms with Gasteiger partial charge in [-0.15, -0.1) is 0 Å². The summed E-state index contributed by atoms with van der Waals surface area (Å²) in [6.07, 6.45) is 0.103. The van der Waals surface area contributed by atoms with Crippen LogP contribution < -0.4 is 0 Å². The van der Waals surface area contributed by atoms with Gasteiger partial charge in [0, 0.05) is 0 Å². The number of rotatable bonds is 4. The molecule has 136 valence electrons. The summed E-state index contributed by atoms with van der Waals surface area (Å²) in [6, 6.07) is 12.5. The second-order valence-corrected chi connectivity index (χ2v) is 7.33. The van der Waals surface area contributed by atoms with Crippen LogP contribution in [0.1, 0.15) is 44.4 Å². The average Bonchev–Trinajstić information content (AvgIpc) is 3.02. The molecule has 1 unspecified atom stereocenters. The molecule has 0 bridgehead atoms. The van der Waals surface area contributed by atoms with Crippen molar-refractivity contribution in [1.29, 1.82) is 0 Å². The van der Waals surface area contributed by atoms with E-state index in [1.807, 2.05) is 51.1 Å². The Bertz CT molecular complexity index is 908. The number of phenols is 1. The Hall–Kier alpha value is -2.89. The molecule has 0 aliphatic carbocycles. The van der Waals surface area contributed by atoms with Crippen LogP contribution in [-0.4, -0.2) is 33.2 Å². The number of fused-ring (bicyclic) bond motifs is 1. The molecule has 0 saturated heterocycles. The van der Waals surface area contributed by atoms with Crippen molar-refractivity contribution in [3.63, 3.8) is 0 Å². The SMILES string of the molecule is COC(=O)CC(c1ccc(O)c(C(C)(C)C)c1)n1nc2ccccc2n1. The number of carbonyl (C=O) groups excluding carboxylic acids is 1. The zero-order valence-electron chi connectivity index (χ0n) is 15.4. The zero-order valence-corrected chi connectivity index (χ0v) is 15.4. The summed E-state index contributed by atoms with van der Waals surface area (Å²) in [6.45, 7) is 6.09. The van der Waals surface area contributed by atoms with E-state index in [0.29, 0.717) is 0 Å². The standard InChI is InChI=1S/C20H23N3O3/c1-20(2,3)14-11-13(9-10-18(14)24)17(12-19(25)26-4)23-21-15-7-5-6-8-16(15)22-23/h5-11,17,24H,12H2,1-4H3. The van der Waals surface area contributed by atoms with E-state index in [2.05, 4.69) is 10.2 Å². The lowest BCUT2D eigenvalue weighted by Gasteiger charge is -2.23. The highest BCUT2D eigenvalue weighted by molar-refractivity contribution is 5.73. The van der Waals surface area contributed by atoms with Crippen LogP contribution in [0.2, 0.25) is 0 Å². The van der Waals surface area contributed by atoms with Gasteiger partial charge in [0.15, 0.2) is 0 Å². The summed E-state index contributed by atoms with van der Waals surface area (Å²) in [4.78, 5) is 13.5. The first-order valence-corrected chi connectivity index (χ1v) is 8.51. The molecule has 6 nitrogen and oxygen atoms in total. The van der Waals surface area contributed by atoms with Crippen molar-refractivity contribution in [2.24, 2.45) is 0 Å². The predicted molar refractivity (Wildman–Crippen MR) is 99.1 cm³/mol. The summed E-state index contributed by atoms with van der Waals surface area (Å²) in [5.41, 5.74) is 2.94. The normalized spacial score (nSPS) is 12.9. The molecule has 1 heterocycles. The van der Waals surface area contributed by atoms with Gasteiger partial charge in [-0.25, -0.2) is 0 Å². The van der Waals surface area contributed by atoms with Gasteiger partial charge in [0.05, 0.1) is 13.5 Å². The first-order chi connectivity index (χ1) is 12.3. The molecule has 0 aliphatic heterocycles. The molecule has 0 amide bonds. The van der Waals surface area contributed by atoms with Crippen LogP contribution in [0.25, 0.3) is 11.0 Å². The van der Waals surface area contributed by atoms with Gasteiger partial charge < -0.3 is 9.84 Å². The van der Waals surface area contributed by atoms with Crippen LogP contribution in [0, 0.1) is 0 Å². The Morgan fingerprint density at radius 1 is 1.15 bits per heavy atom. The third kappa shape index (κ3) is 3.54. The smallest absolute Gasteiger partial charge is 0.308 e. The van der Waals surface area contributed by atoms with Gasteiger partial charge in [0.1, 0.15) is 22.8 Å². The molecule has 0 aliphatic rings. The van der Waals surface area contributed by atoms with Crippen molar-refractivity contribution >= 4 is 17.0 Å². The highest BCUT2D eigenvalue weighted by atomic mass is 16.5. The lowest BCUT2D eigenvalue weighted by atomic mass is 9.84.